The monoisotopic (exact) mass is 266 g/mol. The van der Waals surface area contributed by atoms with E-state index in [1.807, 2.05) is 0 Å². The van der Waals surface area contributed by atoms with Gasteiger partial charge in [-0.1, -0.05) is 57.9 Å². The van der Waals surface area contributed by atoms with E-state index in [0.717, 1.165) is 18.9 Å². The molecule has 0 amide bonds. The highest BCUT2D eigenvalue weighted by atomic mass is 16.5. The van der Waals surface area contributed by atoms with Crippen LogP contribution in [0, 0.1) is 5.92 Å². The molecule has 110 valence electrons. The van der Waals surface area contributed by atoms with Gasteiger partial charge in [-0.15, -0.1) is 0 Å². The van der Waals surface area contributed by atoms with Gasteiger partial charge in [0, 0.05) is 6.42 Å². The fraction of sp³-hybridized carbons (Fsp3) is 0.882. The van der Waals surface area contributed by atoms with Crippen molar-refractivity contribution in [1.82, 2.24) is 0 Å². The van der Waals surface area contributed by atoms with Gasteiger partial charge in [0.15, 0.2) is 0 Å². The van der Waals surface area contributed by atoms with Crippen molar-refractivity contribution in [2.75, 3.05) is 6.61 Å². The van der Waals surface area contributed by atoms with E-state index in [2.05, 4.69) is 6.58 Å². The zero-order valence-electron chi connectivity index (χ0n) is 12.3. The molecule has 2 aliphatic rings. The van der Waals surface area contributed by atoms with E-state index in [9.17, 15) is 0 Å². The normalized spacial score (nSPS) is 31.6. The minimum atomic E-state index is 0.251. The maximum atomic E-state index is 5.98. The summed E-state index contributed by atoms with van der Waals surface area (Å²) in [6, 6.07) is 0. The van der Waals surface area contributed by atoms with Gasteiger partial charge in [0.1, 0.15) is 6.10 Å². The lowest BCUT2D eigenvalue weighted by Crippen LogP contribution is -2.20. The molecule has 0 N–H and O–H groups in total. The summed E-state index contributed by atoms with van der Waals surface area (Å²) in [5.74, 6) is 0.761. The van der Waals surface area contributed by atoms with Crippen LogP contribution in [0.1, 0.15) is 70.6 Å². The fourth-order valence-corrected chi connectivity index (χ4v) is 3.58. The average Bonchev–Trinajstić information content (AvgIpc) is 2.84. The molecule has 2 atom stereocenters. The summed E-state index contributed by atoms with van der Waals surface area (Å²) in [6.07, 6.45) is 17.4. The van der Waals surface area contributed by atoms with Gasteiger partial charge < -0.3 is 9.47 Å². The van der Waals surface area contributed by atoms with Gasteiger partial charge in [0.05, 0.1) is 19.0 Å². The summed E-state index contributed by atoms with van der Waals surface area (Å²) < 4.78 is 11.5. The Kier molecular flexibility index (Phi) is 6.77. The Morgan fingerprint density at radius 1 is 0.895 bits per heavy atom. The lowest BCUT2D eigenvalue weighted by molar-refractivity contribution is 0.0450. The topological polar surface area (TPSA) is 18.5 Å². The predicted octanol–water partition coefficient (Wildman–Crippen LogP) is 4.83. The summed E-state index contributed by atoms with van der Waals surface area (Å²) in [4.78, 5) is 0. The third-order valence-corrected chi connectivity index (χ3v) is 4.71. The minimum absolute atomic E-state index is 0.251. The molecule has 0 bridgehead atoms. The summed E-state index contributed by atoms with van der Waals surface area (Å²) >= 11 is 0. The molecular formula is C17H30O2. The maximum Gasteiger partial charge on any atom is 0.123 e. The van der Waals surface area contributed by atoms with Crippen LogP contribution in [0.4, 0.5) is 0 Å². The largest absolute Gasteiger partial charge is 0.496 e. The molecule has 19 heavy (non-hydrogen) atoms. The van der Waals surface area contributed by atoms with Crippen molar-refractivity contribution in [2.45, 2.75) is 82.8 Å². The third kappa shape index (κ3) is 5.18. The molecule has 0 aromatic carbocycles. The number of hydrogen-bond donors (Lipinski definition) is 0. The molecule has 2 nitrogen and oxygen atoms in total. The lowest BCUT2D eigenvalue weighted by Gasteiger charge is -2.22. The third-order valence-electron chi connectivity index (χ3n) is 4.71. The van der Waals surface area contributed by atoms with E-state index in [4.69, 9.17) is 9.47 Å². The van der Waals surface area contributed by atoms with Gasteiger partial charge in [0.2, 0.25) is 0 Å². The van der Waals surface area contributed by atoms with Crippen molar-refractivity contribution in [2.24, 2.45) is 5.92 Å². The van der Waals surface area contributed by atoms with Gasteiger partial charge in [-0.3, -0.25) is 0 Å². The smallest absolute Gasteiger partial charge is 0.123 e. The first-order valence-corrected chi connectivity index (χ1v) is 8.28. The van der Waals surface area contributed by atoms with Gasteiger partial charge in [-0.25, -0.2) is 0 Å². The molecule has 0 aromatic heterocycles. The molecule has 1 saturated carbocycles. The quantitative estimate of drug-likeness (QED) is 0.681. The fourth-order valence-electron chi connectivity index (χ4n) is 3.58. The highest BCUT2D eigenvalue weighted by Crippen LogP contribution is 2.31. The Morgan fingerprint density at radius 3 is 2.05 bits per heavy atom. The van der Waals surface area contributed by atoms with Crippen LogP contribution in [0.25, 0.3) is 0 Å². The highest BCUT2D eigenvalue weighted by Gasteiger charge is 2.31. The predicted molar refractivity (Wildman–Crippen MR) is 79.1 cm³/mol. The molecule has 2 heteroatoms. The van der Waals surface area contributed by atoms with Crippen molar-refractivity contribution in [3.63, 3.8) is 0 Å². The first-order valence-electron chi connectivity index (χ1n) is 8.28. The molecule has 0 spiro atoms. The van der Waals surface area contributed by atoms with Crippen LogP contribution in [0.3, 0.4) is 0 Å². The Morgan fingerprint density at radius 2 is 1.47 bits per heavy atom. The molecule has 1 saturated heterocycles. The van der Waals surface area contributed by atoms with Crippen LogP contribution >= 0.6 is 0 Å². The van der Waals surface area contributed by atoms with E-state index in [0.29, 0.717) is 6.10 Å². The highest BCUT2D eigenvalue weighted by molar-refractivity contribution is 4.81. The minimum Gasteiger partial charge on any atom is -0.496 e. The zero-order chi connectivity index (χ0) is 13.3. The van der Waals surface area contributed by atoms with Gasteiger partial charge >= 0.3 is 0 Å². The molecule has 1 aliphatic carbocycles. The van der Waals surface area contributed by atoms with Crippen molar-refractivity contribution in [3.8, 4) is 0 Å². The van der Waals surface area contributed by atoms with Gasteiger partial charge in [0.25, 0.3) is 0 Å². The Labute approximate surface area is 118 Å². The van der Waals surface area contributed by atoms with E-state index in [1.165, 1.54) is 64.2 Å². The first kappa shape index (κ1) is 14.9. The molecule has 0 radical (unpaired) electrons. The van der Waals surface area contributed by atoms with E-state index < -0.39 is 0 Å². The molecule has 2 unspecified atom stereocenters. The van der Waals surface area contributed by atoms with E-state index >= 15 is 0 Å². The van der Waals surface area contributed by atoms with E-state index in [-0.39, 0.29) is 6.10 Å². The standard InChI is InChI=1S/C17H30O2/c1-2-18-16-13-17(19-14-16)15-11-9-7-5-3-4-6-8-10-12-15/h2,15-17H,1,3-14H2. The van der Waals surface area contributed by atoms with Crippen molar-refractivity contribution in [3.05, 3.63) is 12.8 Å². The van der Waals surface area contributed by atoms with Crippen LogP contribution in [0.15, 0.2) is 12.8 Å². The van der Waals surface area contributed by atoms with Crippen LogP contribution in [0.5, 0.6) is 0 Å². The van der Waals surface area contributed by atoms with Gasteiger partial charge in [-0.05, 0) is 18.8 Å². The molecule has 2 rings (SSSR count). The SMILES string of the molecule is C=COC1COC(C2CCCCCCCCCC2)C1. The van der Waals surface area contributed by atoms with Crippen molar-refractivity contribution >= 4 is 0 Å². The van der Waals surface area contributed by atoms with Gasteiger partial charge in [-0.2, -0.15) is 0 Å². The molecule has 2 fully saturated rings. The number of hydrogen-bond acceptors (Lipinski definition) is 2. The Hall–Kier alpha value is -0.500. The number of ether oxygens (including phenoxy) is 2. The van der Waals surface area contributed by atoms with Crippen molar-refractivity contribution in [1.29, 1.82) is 0 Å². The molecular weight excluding hydrogens is 236 g/mol. The van der Waals surface area contributed by atoms with Crippen LogP contribution < -0.4 is 0 Å². The molecule has 1 aliphatic heterocycles. The number of rotatable bonds is 3. The maximum absolute atomic E-state index is 5.98. The van der Waals surface area contributed by atoms with Crippen LogP contribution in [-0.2, 0) is 9.47 Å². The Balaban J connectivity index is 1.79. The first-order chi connectivity index (χ1) is 9.40. The zero-order valence-corrected chi connectivity index (χ0v) is 12.3. The van der Waals surface area contributed by atoms with Crippen LogP contribution in [-0.4, -0.2) is 18.8 Å². The second-order valence-electron chi connectivity index (χ2n) is 6.20. The summed E-state index contributed by atoms with van der Waals surface area (Å²) in [5.41, 5.74) is 0. The lowest BCUT2D eigenvalue weighted by atomic mass is 9.88. The van der Waals surface area contributed by atoms with Crippen molar-refractivity contribution < 1.29 is 9.47 Å². The second kappa shape index (κ2) is 8.63. The summed E-state index contributed by atoms with van der Waals surface area (Å²) in [7, 11) is 0. The molecule has 1 heterocycles. The average molecular weight is 266 g/mol. The Bertz CT molecular complexity index is 240. The molecule has 0 aromatic rings. The summed E-state index contributed by atoms with van der Waals surface area (Å²) in [6.45, 7) is 4.40. The second-order valence-corrected chi connectivity index (χ2v) is 6.20. The summed E-state index contributed by atoms with van der Waals surface area (Å²) in [5, 5.41) is 0. The van der Waals surface area contributed by atoms with Crippen LogP contribution in [0.2, 0.25) is 0 Å². The van der Waals surface area contributed by atoms with E-state index in [1.54, 1.807) is 6.26 Å².